The zero-order valence-corrected chi connectivity index (χ0v) is 13.8. The average Bonchev–Trinajstić information content (AvgIpc) is 2.38. The highest BCUT2D eigenvalue weighted by Gasteiger charge is 2.20. The molecular formula is C17H23BrO2. The van der Waals surface area contributed by atoms with E-state index in [0.29, 0.717) is 10.9 Å². The second kappa shape index (κ2) is 8.15. The van der Waals surface area contributed by atoms with Crippen LogP contribution in [0.25, 0.3) is 0 Å². The van der Waals surface area contributed by atoms with Crippen LogP contribution in [0.15, 0.2) is 36.4 Å². The first kappa shape index (κ1) is 16.8. The summed E-state index contributed by atoms with van der Waals surface area (Å²) in [4.78, 5) is 0. The van der Waals surface area contributed by atoms with Crippen LogP contribution < -0.4 is 0 Å². The molecule has 0 fully saturated rings. The summed E-state index contributed by atoms with van der Waals surface area (Å²) in [6.07, 6.45) is 7.14. The summed E-state index contributed by atoms with van der Waals surface area (Å²) in [5.41, 5.74) is 2.90. The molecule has 2 nitrogen and oxygen atoms in total. The Hall–Kier alpha value is -1.22. The molecule has 1 atom stereocenters. The summed E-state index contributed by atoms with van der Waals surface area (Å²) < 4.78 is 0. The van der Waals surface area contributed by atoms with Crippen molar-refractivity contribution in [1.29, 1.82) is 0 Å². The van der Waals surface area contributed by atoms with Gasteiger partial charge in [-0.15, -0.1) is 6.58 Å². The van der Waals surface area contributed by atoms with Crippen LogP contribution in [-0.2, 0) is 5.33 Å². The average molecular weight is 339 g/mol. The largest absolute Gasteiger partial charge is 0.507 e. The summed E-state index contributed by atoms with van der Waals surface area (Å²) in [5, 5.41) is 20.7. The number of alkyl halides is 1. The van der Waals surface area contributed by atoms with Gasteiger partial charge in [0, 0.05) is 16.8 Å². The van der Waals surface area contributed by atoms with Gasteiger partial charge in [-0.3, -0.25) is 0 Å². The molecule has 2 rings (SSSR count). The van der Waals surface area contributed by atoms with Crippen molar-refractivity contribution in [3.05, 3.63) is 47.6 Å². The molecule has 1 unspecified atom stereocenters. The Bertz CT molecular complexity index is 469. The number of allylic oxidation sites excluding steroid dienone is 3. The van der Waals surface area contributed by atoms with Gasteiger partial charge in [0.15, 0.2) is 0 Å². The van der Waals surface area contributed by atoms with Gasteiger partial charge in [-0.2, -0.15) is 0 Å². The molecule has 0 bridgehead atoms. The minimum absolute atomic E-state index is 0.146. The van der Waals surface area contributed by atoms with Crippen molar-refractivity contribution < 1.29 is 10.2 Å². The Morgan fingerprint density at radius 1 is 1.35 bits per heavy atom. The maximum atomic E-state index is 10.0. The first-order valence-electron chi connectivity index (χ1n) is 6.88. The van der Waals surface area contributed by atoms with Crippen LogP contribution in [0.2, 0.25) is 0 Å². The van der Waals surface area contributed by atoms with E-state index in [1.54, 1.807) is 18.2 Å². The topological polar surface area (TPSA) is 40.5 Å². The van der Waals surface area contributed by atoms with Crippen LogP contribution >= 0.6 is 15.9 Å². The maximum Gasteiger partial charge on any atom is 0.123 e. The molecule has 0 saturated heterocycles. The predicted octanol–water partition coefficient (Wildman–Crippen LogP) is 5.40. The van der Waals surface area contributed by atoms with Crippen LogP contribution in [0.5, 0.6) is 11.5 Å². The molecule has 0 spiro atoms. The van der Waals surface area contributed by atoms with Gasteiger partial charge in [0.1, 0.15) is 11.5 Å². The molecule has 1 aliphatic carbocycles. The molecule has 0 heterocycles. The Labute approximate surface area is 130 Å². The standard InChI is InChI=1S/C14H17BrO2.C3H6/c1-9-3-2-4-11(5-9)14-12(16)6-10(8-15)7-13(14)17;1-3-2/h5-7,11,16-17H,2-4,8H2,1H3;3H,1H2,2H3. The maximum absolute atomic E-state index is 10.0. The Balaban J connectivity index is 0.000000612. The summed E-state index contributed by atoms with van der Waals surface area (Å²) in [7, 11) is 0. The molecule has 1 aliphatic rings. The molecule has 2 N–H and O–H groups in total. The van der Waals surface area contributed by atoms with Gasteiger partial charge in [0.05, 0.1) is 0 Å². The molecule has 20 heavy (non-hydrogen) atoms. The van der Waals surface area contributed by atoms with E-state index in [1.807, 2.05) is 6.92 Å². The second-order valence-electron chi connectivity index (χ2n) is 5.10. The van der Waals surface area contributed by atoms with Crippen molar-refractivity contribution in [2.45, 2.75) is 44.4 Å². The zero-order valence-electron chi connectivity index (χ0n) is 12.2. The Kier molecular flexibility index (Phi) is 6.86. The fraction of sp³-hybridized carbons (Fsp3) is 0.412. The van der Waals surface area contributed by atoms with E-state index in [1.165, 1.54) is 5.57 Å². The van der Waals surface area contributed by atoms with E-state index in [0.717, 1.165) is 24.8 Å². The van der Waals surface area contributed by atoms with E-state index in [2.05, 4.69) is 35.5 Å². The van der Waals surface area contributed by atoms with E-state index < -0.39 is 0 Å². The predicted molar refractivity (Wildman–Crippen MR) is 88.6 cm³/mol. The number of benzene rings is 1. The molecule has 3 heteroatoms. The lowest BCUT2D eigenvalue weighted by atomic mass is 9.85. The molecule has 1 aromatic carbocycles. The Morgan fingerprint density at radius 3 is 2.35 bits per heavy atom. The third kappa shape index (κ3) is 4.41. The fourth-order valence-corrected chi connectivity index (χ4v) is 2.80. The number of hydrogen-bond donors (Lipinski definition) is 2. The third-order valence-corrected chi connectivity index (χ3v) is 3.94. The van der Waals surface area contributed by atoms with E-state index in [4.69, 9.17) is 0 Å². The highest BCUT2D eigenvalue weighted by atomic mass is 79.9. The third-order valence-electron chi connectivity index (χ3n) is 3.29. The van der Waals surface area contributed by atoms with Gasteiger partial charge in [-0.1, -0.05) is 33.7 Å². The molecule has 0 radical (unpaired) electrons. The smallest absolute Gasteiger partial charge is 0.123 e. The van der Waals surface area contributed by atoms with Gasteiger partial charge < -0.3 is 10.2 Å². The number of rotatable bonds is 2. The molecule has 110 valence electrons. The monoisotopic (exact) mass is 338 g/mol. The highest BCUT2D eigenvalue weighted by Crippen LogP contribution is 2.41. The van der Waals surface area contributed by atoms with Crippen LogP contribution in [0.1, 0.15) is 50.2 Å². The van der Waals surface area contributed by atoms with E-state index in [-0.39, 0.29) is 17.4 Å². The quantitative estimate of drug-likeness (QED) is 0.559. The summed E-state index contributed by atoms with van der Waals surface area (Å²) in [6.45, 7) is 7.35. The van der Waals surface area contributed by atoms with Crippen LogP contribution in [0, 0.1) is 0 Å². The summed E-state index contributed by atoms with van der Waals surface area (Å²) in [6, 6.07) is 3.45. The van der Waals surface area contributed by atoms with Crippen molar-refractivity contribution >= 4 is 15.9 Å². The molecule has 0 amide bonds. The fourth-order valence-electron chi connectivity index (χ4n) is 2.48. The summed E-state index contributed by atoms with van der Waals surface area (Å²) >= 11 is 3.32. The lowest BCUT2D eigenvalue weighted by molar-refractivity contribution is 0.428. The number of phenols is 2. The van der Waals surface area contributed by atoms with Crippen LogP contribution in [0.4, 0.5) is 0 Å². The molecule has 0 aliphatic heterocycles. The van der Waals surface area contributed by atoms with Crippen molar-refractivity contribution in [1.82, 2.24) is 0 Å². The van der Waals surface area contributed by atoms with Crippen LogP contribution in [-0.4, -0.2) is 10.2 Å². The van der Waals surface area contributed by atoms with Gasteiger partial charge in [-0.25, -0.2) is 0 Å². The highest BCUT2D eigenvalue weighted by molar-refractivity contribution is 9.08. The molecule has 0 aromatic heterocycles. The lowest BCUT2D eigenvalue weighted by Gasteiger charge is -2.22. The molecule has 0 saturated carbocycles. The molecular weight excluding hydrogens is 316 g/mol. The first-order valence-corrected chi connectivity index (χ1v) is 8.00. The van der Waals surface area contributed by atoms with Gasteiger partial charge in [0.25, 0.3) is 0 Å². The number of aromatic hydroxyl groups is 2. The summed E-state index contributed by atoms with van der Waals surface area (Å²) in [5.74, 6) is 0.555. The van der Waals surface area contributed by atoms with Crippen molar-refractivity contribution in [2.24, 2.45) is 0 Å². The minimum Gasteiger partial charge on any atom is -0.507 e. The normalized spacial score (nSPS) is 17.8. The van der Waals surface area contributed by atoms with Gasteiger partial charge in [0.2, 0.25) is 0 Å². The van der Waals surface area contributed by atoms with Crippen molar-refractivity contribution in [2.75, 3.05) is 0 Å². The van der Waals surface area contributed by atoms with Gasteiger partial charge in [-0.05, 0) is 50.8 Å². The van der Waals surface area contributed by atoms with Gasteiger partial charge >= 0.3 is 0 Å². The Morgan fingerprint density at radius 2 is 1.90 bits per heavy atom. The molecule has 1 aromatic rings. The second-order valence-corrected chi connectivity index (χ2v) is 5.66. The van der Waals surface area contributed by atoms with Crippen LogP contribution in [0.3, 0.4) is 0 Å². The number of hydrogen-bond acceptors (Lipinski definition) is 2. The van der Waals surface area contributed by atoms with Crippen molar-refractivity contribution in [3.63, 3.8) is 0 Å². The lowest BCUT2D eigenvalue weighted by Crippen LogP contribution is -2.03. The number of phenolic OH excluding ortho intramolecular Hbond substituents is 2. The number of halogens is 1. The zero-order chi connectivity index (χ0) is 15.1. The first-order chi connectivity index (χ1) is 9.53. The van der Waals surface area contributed by atoms with Crippen molar-refractivity contribution in [3.8, 4) is 11.5 Å². The minimum atomic E-state index is 0.146. The SMILES string of the molecule is C=CC.CC1=CC(c2c(O)cc(CBr)cc2O)CCC1. The van der Waals surface area contributed by atoms with E-state index in [9.17, 15) is 10.2 Å². The van der Waals surface area contributed by atoms with E-state index >= 15 is 0 Å².